The normalized spacial score (nSPS) is 26.1. The van der Waals surface area contributed by atoms with Crippen molar-refractivity contribution in [2.45, 2.75) is 57.6 Å². The standard InChI is InChI=1S/C18H25NO6/c1-18(2,3)25-17(23)19-14-12(9-13(20)15(14)21)16(22)24-10-11-7-5-4-6-8-11/h4-8,12-15,20-21H,9-10H2,1-3H3,(H,19,23)/t12-,13-,14-,15-/m1/s1. The summed E-state index contributed by atoms with van der Waals surface area (Å²) in [5.41, 5.74) is 0.113. The largest absolute Gasteiger partial charge is 0.461 e. The lowest BCUT2D eigenvalue weighted by atomic mass is 10.0. The van der Waals surface area contributed by atoms with Crippen LogP contribution in [-0.2, 0) is 20.9 Å². The number of alkyl carbamates (subject to hydrolysis) is 1. The van der Waals surface area contributed by atoms with Crippen molar-refractivity contribution in [2.24, 2.45) is 5.92 Å². The number of rotatable bonds is 4. The maximum Gasteiger partial charge on any atom is 0.407 e. The first kappa shape index (κ1) is 19.2. The smallest absolute Gasteiger partial charge is 0.407 e. The zero-order valence-electron chi connectivity index (χ0n) is 14.6. The second-order valence-corrected chi connectivity index (χ2v) is 7.17. The molecular weight excluding hydrogens is 326 g/mol. The van der Waals surface area contributed by atoms with E-state index in [0.29, 0.717) is 0 Å². The minimum Gasteiger partial charge on any atom is -0.461 e. The van der Waals surface area contributed by atoms with E-state index in [-0.39, 0.29) is 13.0 Å². The average Bonchev–Trinajstić information content (AvgIpc) is 2.80. The highest BCUT2D eigenvalue weighted by molar-refractivity contribution is 5.76. The fraction of sp³-hybridized carbons (Fsp3) is 0.556. The third-order valence-electron chi connectivity index (χ3n) is 3.90. The SMILES string of the molecule is CC(C)(C)OC(=O)N[C@H]1[C@H](O)[C@H](O)C[C@H]1C(=O)OCc1ccccc1. The molecule has 7 nitrogen and oxygen atoms in total. The molecule has 0 bridgehead atoms. The third kappa shape index (κ3) is 5.44. The van der Waals surface area contributed by atoms with Crippen LogP contribution in [0.3, 0.4) is 0 Å². The molecule has 1 saturated carbocycles. The van der Waals surface area contributed by atoms with Gasteiger partial charge in [-0.05, 0) is 32.8 Å². The number of carbonyl (C=O) groups excluding carboxylic acids is 2. The number of carbonyl (C=O) groups is 2. The molecular formula is C18H25NO6. The van der Waals surface area contributed by atoms with E-state index in [0.717, 1.165) is 5.56 Å². The highest BCUT2D eigenvalue weighted by Gasteiger charge is 2.47. The molecule has 4 atom stereocenters. The molecule has 1 amide bonds. The molecule has 1 aliphatic carbocycles. The van der Waals surface area contributed by atoms with E-state index in [1.54, 1.807) is 20.8 Å². The van der Waals surface area contributed by atoms with Gasteiger partial charge in [-0.1, -0.05) is 30.3 Å². The number of hydrogen-bond donors (Lipinski definition) is 3. The summed E-state index contributed by atoms with van der Waals surface area (Å²) in [6.07, 6.45) is -3.13. The molecule has 0 heterocycles. The minimum atomic E-state index is -1.26. The average molecular weight is 351 g/mol. The lowest BCUT2D eigenvalue weighted by Gasteiger charge is -2.25. The molecule has 138 valence electrons. The third-order valence-corrected chi connectivity index (χ3v) is 3.90. The second kappa shape index (κ2) is 7.84. The molecule has 3 N–H and O–H groups in total. The van der Waals surface area contributed by atoms with Gasteiger partial charge in [0.2, 0.25) is 0 Å². The fourth-order valence-corrected chi connectivity index (χ4v) is 2.73. The molecule has 0 unspecified atom stereocenters. The van der Waals surface area contributed by atoms with Crippen molar-refractivity contribution in [3.05, 3.63) is 35.9 Å². The summed E-state index contributed by atoms with van der Waals surface area (Å²) in [6, 6.07) is 8.20. The first-order valence-electron chi connectivity index (χ1n) is 8.23. The number of nitrogens with one attached hydrogen (secondary N) is 1. The highest BCUT2D eigenvalue weighted by atomic mass is 16.6. The highest BCUT2D eigenvalue weighted by Crippen LogP contribution is 2.28. The molecule has 2 rings (SSSR count). The van der Waals surface area contributed by atoms with Crippen LogP contribution < -0.4 is 5.32 Å². The molecule has 7 heteroatoms. The van der Waals surface area contributed by atoms with Crippen LogP contribution in [0.2, 0.25) is 0 Å². The van der Waals surface area contributed by atoms with Gasteiger partial charge in [-0.3, -0.25) is 4.79 Å². The van der Waals surface area contributed by atoms with Gasteiger partial charge in [0.25, 0.3) is 0 Å². The Balaban J connectivity index is 1.98. The lowest BCUT2D eigenvalue weighted by Crippen LogP contribution is -2.49. The number of ether oxygens (including phenoxy) is 2. The van der Waals surface area contributed by atoms with E-state index in [4.69, 9.17) is 9.47 Å². The fourth-order valence-electron chi connectivity index (χ4n) is 2.73. The van der Waals surface area contributed by atoms with E-state index in [1.165, 1.54) is 0 Å². The molecule has 0 saturated heterocycles. The topological polar surface area (TPSA) is 105 Å². The molecule has 1 aromatic rings. The van der Waals surface area contributed by atoms with Gasteiger partial charge < -0.3 is 25.0 Å². The number of hydrogen-bond acceptors (Lipinski definition) is 6. The Morgan fingerprint density at radius 2 is 1.84 bits per heavy atom. The van der Waals surface area contributed by atoms with Crippen LogP contribution in [0, 0.1) is 5.92 Å². The number of amides is 1. The predicted molar refractivity (Wildman–Crippen MR) is 89.5 cm³/mol. The Morgan fingerprint density at radius 3 is 2.44 bits per heavy atom. The summed E-state index contributed by atoms with van der Waals surface area (Å²) in [5.74, 6) is -1.43. The predicted octanol–water partition coefficient (Wildman–Crippen LogP) is 1.36. The quantitative estimate of drug-likeness (QED) is 0.708. The molecule has 0 aliphatic heterocycles. The maximum absolute atomic E-state index is 12.4. The van der Waals surface area contributed by atoms with Crippen molar-refractivity contribution in [1.29, 1.82) is 0 Å². The second-order valence-electron chi connectivity index (χ2n) is 7.17. The van der Waals surface area contributed by atoms with Crippen LogP contribution >= 0.6 is 0 Å². The van der Waals surface area contributed by atoms with Crippen LogP contribution in [0.25, 0.3) is 0 Å². The molecule has 1 aromatic carbocycles. The Morgan fingerprint density at radius 1 is 1.20 bits per heavy atom. The molecule has 25 heavy (non-hydrogen) atoms. The van der Waals surface area contributed by atoms with Crippen LogP contribution in [0.4, 0.5) is 4.79 Å². The van der Waals surface area contributed by atoms with Gasteiger partial charge in [0.05, 0.1) is 18.1 Å². The molecule has 1 aliphatic rings. The maximum atomic E-state index is 12.4. The molecule has 1 fully saturated rings. The zero-order chi connectivity index (χ0) is 18.6. The van der Waals surface area contributed by atoms with Gasteiger partial charge in [-0.25, -0.2) is 4.79 Å². The first-order valence-corrected chi connectivity index (χ1v) is 8.23. The summed E-state index contributed by atoms with van der Waals surface area (Å²) in [4.78, 5) is 24.3. The van der Waals surface area contributed by atoms with Crippen molar-refractivity contribution < 1.29 is 29.3 Å². The van der Waals surface area contributed by atoms with Gasteiger partial charge >= 0.3 is 12.1 Å². The number of aliphatic hydroxyl groups is 2. The molecule has 0 spiro atoms. The van der Waals surface area contributed by atoms with E-state index >= 15 is 0 Å². The summed E-state index contributed by atoms with van der Waals surface area (Å²) >= 11 is 0. The van der Waals surface area contributed by atoms with Crippen LogP contribution in [0.15, 0.2) is 30.3 Å². The van der Waals surface area contributed by atoms with Crippen LogP contribution in [0.1, 0.15) is 32.8 Å². The van der Waals surface area contributed by atoms with Crippen LogP contribution in [-0.4, -0.2) is 46.1 Å². The summed E-state index contributed by atoms with van der Waals surface area (Å²) < 4.78 is 10.4. The number of esters is 1. The van der Waals surface area contributed by atoms with Crippen molar-refractivity contribution >= 4 is 12.1 Å². The summed E-state index contributed by atoms with van der Waals surface area (Å²) in [6.45, 7) is 5.20. The van der Waals surface area contributed by atoms with Crippen molar-refractivity contribution in [3.8, 4) is 0 Å². The van der Waals surface area contributed by atoms with Gasteiger partial charge in [-0.15, -0.1) is 0 Å². The minimum absolute atomic E-state index is 0.00918. The lowest BCUT2D eigenvalue weighted by molar-refractivity contribution is -0.150. The van der Waals surface area contributed by atoms with Crippen LogP contribution in [0.5, 0.6) is 0 Å². The van der Waals surface area contributed by atoms with Crippen molar-refractivity contribution in [3.63, 3.8) is 0 Å². The van der Waals surface area contributed by atoms with Crippen molar-refractivity contribution in [1.82, 2.24) is 5.32 Å². The Bertz CT molecular complexity index is 597. The number of aliphatic hydroxyl groups excluding tert-OH is 2. The molecule has 0 aromatic heterocycles. The summed E-state index contributed by atoms with van der Waals surface area (Å²) in [7, 11) is 0. The Hall–Kier alpha value is -2.12. The van der Waals surface area contributed by atoms with Gasteiger partial charge in [0.1, 0.15) is 18.3 Å². The summed E-state index contributed by atoms with van der Waals surface area (Å²) in [5, 5.41) is 22.4. The zero-order valence-corrected chi connectivity index (χ0v) is 14.6. The molecule has 0 radical (unpaired) electrons. The van der Waals surface area contributed by atoms with E-state index < -0.39 is 41.8 Å². The van der Waals surface area contributed by atoms with E-state index in [1.807, 2.05) is 30.3 Å². The van der Waals surface area contributed by atoms with Gasteiger partial charge in [0.15, 0.2) is 0 Å². The van der Waals surface area contributed by atoms with Gasteiger partial charge in [-0.2, -0.15) is 0 Å². The van der Waals surface area contributed by atoms with E-state index in [2.05, 4.69) is 5.32 Å². The Kier molecular flexibility index (Phi) is 6.02. The van der Waals surface area contributed by atoms with Crippen molar-refractivity contribution in [2.75, 3.05) is 0 Å². The monoisotopic (exact) mass is 351 g/mol. The first-order chi connectivity index (χ1) is 11.7. The van der Waals surface area contributed by atoms with E-state index in [9.17, 15) is 19.8 Å². The van der Waals surface area contributed by atoms with Gasteiger partial charge in [0, 0.05) is 0 Å². The number of benzene rings is 1. The Labute approximate surface area is 146 Å².